The van der Waals surface area contributed by atoms with Crippen LogP contribution in [0.2, 0.25) is 0 Å². The van der Waals surface area contributed by atoms with Crippen LogP contribution in [0.5, 0.6) is 0 Å². The van der Waals surface area contributed by atoms with E-state index in [0.29, 0.717) is 0 Å². The first kappa shape index (κ1) is 24.2. The summed E-state index contributed by atoms with van der Waals surface area (Å²) in [5.41, 5.74) is 0. The molecule has 0 aliphatic heterocycles. The van der Waals surface area contributed by atoms with E-state index in [4.69, 9.17) is 0 Å². The van der Waals surface area contributed by atoms with Crippen LogP contribution in [0.25, 0.3) is 0 Å². The summed E-state index contributed by atoms with van der Waals surface area (Å²) in [5, 5.41) is 4.20. The Kier molecular flexibility index (Phi) is 13.5. The van der Waals surface area contributed by atoms with Crippen LogP contribution in [0.4, 0.5) is 26.3 Å². The second kappa shape index (κ2) is 10.0. The van der Waals surface area contributed by atoms with Gasteiger partial charge in [0.25, 0.3) is 22.8 Å². The third-order valence-corrected chi connectivity index (χ3v) is 2.19. The van der Waals surface area contributed by atoms with Crippen molar-refractivity contribution < 1.29 is 96.3 Å². The third-order valence-electron chi connectivity index (χ3n) is 0.718. The zero-order valence-electron chi connectivity index (χ0n) is 9.45. The van der Waals surface area contributed by atoms with Crippen molar-refractivity contribution in [1.29, 1.82) is 0 Å². The molecule has 0 aliphatic carbocycles. The molecule has 3 N–H and O–H groups in total. The minimum Gasteiger partial charge on any atom is -1.00 e. The van der Waals surface area contributed by atoms with E-state index < -0.39 is 40.2 Å². The normalized spacial score (nSPS) is 15.2. The van der Waals surface area contributed by atoms with Crippen molar-refractivity contribution in [2.45, 2.75) is 18.8 Å². The predicted octanol–water partition coefficient (Wildman–Crippen LogP) is -3.16. The Bertz CT molecular complexity index is 353. The summed E-state index contributed by atoms with van der Waals surface area (Å²) in [7, 11) is -4.09. The van der Waals surface area contributed by atoms with Gasteiger partial charge in [0.2, 0.25) is 0 Å². The molecule has 0 rings (SSSR count). The molecule has 0 aromatic heterocycles. The molecule has 0 fully saturated rings. The summed E-state index contributed by atoms with van der Waals surface area (Å²) < 4.78 is 105. The Morgan fingerprint density at radius 3 is 1.61 bits per heavy atom. The standard InChI is InChI=1S/C3H2F6.K.H4N2O4S2.H/c4-1(2(5)6)3(7,8)9;;1-8(5,6)2-7(3)4;/h1-2H;;2H,(H,3,4)(H2,1,5,6);/q;+1;;-1/p-1. The molecular formula is C3H6F6KN2O4S2-. The SMILES string of the molecule is FC(F)C(F)C(F)(F)F.NS(=O)(=O)NS(=O)[O-].[H-].[K+]. The Balaban J connectivity index is -0.000000108. The van der Waals surface area contributed by atoms with Gasteiger partial charge in [-0.1, -0.05) is 0 Å². The van der Waals surface area contributed by atoms with Gasteiger partial charge in [-0.25, -0.2) is 18.3 Å². The number of alkyl halides is 6. The molecule has 15 heteroatoms. The van der Waals surface area contributed by atoms with E-state index in [1.807, 2.05) is 0 Å². The molecule has 0 heterocycles. The third kappa shape index (κ3) is 17.2. The summed E-state index contributed by atoms with van der Waals surface area (Å²) in [6.07, 6.45) is -13.4. The van der Waals surface area contributed by atoms with E-state index in [1.54, 1.807) is 0 Å². The smallest absolute Gasteiger partial charge is 1.00 e. The molecular weight excluding hydrogens is 345 g/mol. The van der Waals surface area contributed by atoms with Crippen LogP contribution < -0.4 is 60.7 Å². The van der Waals surface area contributed by atoms with E-state index in [0.717, 1.165) is 4.13 Å². The van der Waals surface area contributed by atoms with Gasteiger partial charge in [0.15, 0.2) is 0 Å². The van der Waals surface area contributed by atoms with Gasteiger partial charge in [0, 0.05) is 11.3 Å². The van der Waals surface area contributed by atoms with E-state index in [9.17, 15) is 43.5 Å². The maximum Gasteiger partial charge on any atom is 1.00 e. The second-order valence-corrected chi connectivity index (χ2v) is 4.37. The number of nitrogens with one attached hydrogen (secondary N) is 1. The van der Waals surface area contributed by atoms with Gasteiger partial charge in [0.05, 0.1) is 0 Å². The van der Waals surface area contributed by atoms with Crippen molar-refractivity contribution in [3.63, 3.8) is 0 Å². The molecule has 0 aromatic carbocycles. The Morgan fingerprint density at radius 1 is 1.28 bits per heavy atom. The summed E-state index contributed by atoms with van der Waals surface area (Å²) >= 11 is -2.85. The Labute approximate surface area is 144 Å². The monoisotopic (exact) mass is 351 g/mol. The first-order valence-electron chi connectivity index (χ1n) is 3.15. The van der Waals surface area contributed by atoms with Gasteiger partial charge in [-0.05, 0) is 0 Å². The molecule has 108 valence electrons. The zero-order chi connectivity index (χ0) is 14.4. The largest absolute Gasteiger partial charge is 1.00 e. The van der Waals surface area contributed by atoms with Crippen molar-refractivity contribution in [3.05, 3.63) is 0 Å². The van der Waals surface area contributed by atoms with E-state index in [1.165, 1.54) is 0 Å². The Morgan fingerprint density at radius 2 is 1.61 bits per heavy atom. The minimum absolute atomic E-state index is 0. The molecule has 0 saturated carbocycles. The predicted molar refractivity (Wildman–Crippen MR) is 43.2 cm³/mol. The van der Waals surface area contributed by atoms with Crippen LogP contribution in [-0.4, -0.2) is 36.0 Å². The van der Waals surface area contributed by atoms with Crippen molar-refractivity contribution >= 4 is 21.5 Å². The number of nitrogens with two attached hydrogens (primary N) is 1. The van der Waals surface area contributed by atoms with Crippen LogP contribution in [0.1, 0.15) is 1.43 Å². The molecule has 6 nitrogen and oxygen atoms in total. The van der Waals surface area contributed by atoms with Crippen LogP contribution in [0, 0.1) is 0 Å². The van der Waals surface area contributed by atoms with Gasteiger partial charge in [-0.15, -0.1) is 4.13 Å². The van der Waals surface area contributed by atoms with Crippen LogP contribution in [0.3, 0.4) is 0 Å². The maximum atomic E-state index is 11.2. The first-order chi connectivity index (χ1) is 7.27. The van der Waals surface area contributed by atoms with Gasteiger partial charge in [-0.2, -0.15) is 21.6 Å². The van der Waals surface area contributed by atoms with Gasteiger partial charge in [-0.3, -0.25) is 4.21 Å². The van der Waals surface area contributed by atoms with Crippen molar-refractivity contribution in [2.24, 2.45) is 5.14 Å². The maximum absolute atomic E-state index is 11.2. The van der Waals surface area contributed by atoms with Crippen LogP contribution >= 0.6 is 0 Å². The van der Waals surface area contributed by atoms with E-state index in [-0.39, 0.29) is 52.8 Å². The number of hydrogen-bond acceptors (Lipinski definition) is 4. The average molecular weight is 351 g/mol. The molecule has 18 heavy (non-hydrogen) atoms. The van der Waals surface area contributed by atoms with Crippen molar-refractivity contribution in [1.82, 2.24) is 4.13 Å². The molecule has 2 atom stereocenters. The van der Waals surface area contributed by atoms with Crippen LogP contribution in [-0.2, 0) is 21.5 Å². The first-order valence-corrected chi connectivity index (χ1v) is 5.78. The molecule has 0 radical (unpaired) electrons. The minimum atomic E-state index is -5.44. The Hall–Kier alpha value is 1.20. The molecule has 0 spiro atoms. The molecule has 0 saturated heterocycles. The molecule has 2 unspecified atom stereocenters. The van der Waals surface area contributed by atoms with Crippen molar-refractivity contribution in [3.8, 4) is 0 Å². The van der Waals surface area contributed by atoms with Gasteiger partial charge < -0.3 is 5.98 Å². The fourth-order valence-corrected chi connectivity index (χ4v) is 0.996. The molecule has 0 aliphatic rings. The van der Waals surface area contributed by atoms with Crippen molar-refractivity contribution in [2.75, 3.05) is 0 Å². The summed E-state index contributed by atoms with van der Waals surface area (Å²) in [6, 6.07) is 0. The summed E-state index contributed by atoms with van der Waals surface area (Å²) in [6.45, 7) is 0. The average Bonchev–Trinajstić information content (AvgIpc) is 1.96. The molecule has 0 amide bonds. The zero-order valence-corrected chi connectivity index (χ0v) is 13.2. The summed E-state index contributed by atoms with van der Waals surface area (Å²) in [4.78, 5) is 0. The molecule has 0 bridgehead atoms. The van der Waals surface area contributed by atoms with E-state index in [2.05, 4.69) is 5.14 Å². The topological polar surface area (TPSA) is 112 Å². The fourth-order valence-electron chi connectivity index (χ4n) is 0.238. The second-order valence-electron chi connectivity index (χ2n) is 2.14. The fraction of sp³-hybridized carbons (Fsp3) is 1.00. The van der Waals surface area contributed by atoms with Crippen LogP contribution in [0.15, 0.2) is 0 Å². The number of hydrogen-bond donors (Lipinski definition) is 2. The quantitative estimate of drug-likeness (QED) is 0.318. The molecule has 0 aromatic rings. The summed E-state index contributed by atoms with van der Waals surface area (Å²) in [5.74, 6) is 0. The van der Waals surface area contributed by atoms with Gasteiger partial charge in [0.1, 0.15) is 0 Å². The van der Waals surface area contributed by atoms with E-state index >= 15 is 0 Å². The number of rotatable bonds is 3. The number of halogens is 6. The van der Waals surface area contributed by atoms with Gasteiger partial charge >= 0.3 is 57.6 Å².